The summed E-state index contributed by atoms with van der Waals surface area (Å²) >= 11 is 0. The molecule has 1 saturated heterocycles. The Morgan fingerprint density at radius 2 is 1.58 bits per heavy atom. The van der Waals surface area contributed by atoms with Gasteiger partial charge in [-0.3, -0.25) is 4.79 Å². The second kappa shape index (κ2) is 11.0. The molecule has 1 amide bonds. The van der Waals surface area contributed by atoms with Crippen LogP contribution < -0.4 is 15.0 Å². The normalized spacial score (nSPS) is 13.9. The van der Waals surface area contributed by atoms with Crippen LogP contribution >= 0.6 is 0 Å². The molecule has 0 unspecified atom stereocenters. The zero-order valence-electron chi connectivity index (χ0n) is 20.3. The number of nitrogens with zero attached hydrogens (tertiary/aromatic N) is 4. The number of para-hydroxylation sites is 1. The van der Waals surface area contributed by atoms with E-state index in [9.17, 15) is 4.79 Å². The van der Waals surface area contributed by atoms with Gasteiger partial charge in [0.15, 0.2) is 12.4 Å². The predicted molar refractivity (Wildman–Crippen MR) is 143 cm³/mol. The highest BCUT2D eigenvalue weighted by atomic mass is 16.5. The van der Waals surface area contributed by atoms with Crippen LogP contribution in [0.3, 0.4) is 0 Å². The molecule has 5 rings (SSSR count). The van der Waals surface area contributed by atoms with Crippen molar-refractivity contribution in [3.63, 3.8) is 0 Å². The summed E-state index contributed by atoms with van der Waals surface area (Å²) in [5, 5.41) is 11.8. The van der Waals surface area contributed by atoms with Crippen LogP contribution in [-0.2, 0) is 4.79 Å². The second-order valence-electron chi connectivity index (χ2n) is 8.85. The van der Waals surface area contributed by atoms with Gasteiger partial charge in [-0.25, -0.2) is 0 Å². The lowest BCUT2D eigenvalue weighted by molar-refractivity contribution is -0.118. The fourth-order valence-corrected chi connectivity index (χ4v) is 4.23. The van der Waals surface area contributed by atoms with Gasteiger partial charge in [0, 0.05) is 43.0 Å². The number of anilines is 2. The molecule has 2 heterocycles. The molecule has 0 atom stereocenters. The lowest BCUT2D eigenvalue weighted by Gasteiger charge is -2.32. The van der Waals surface area contributed by atoms with Crippen molar-refractivity contribution in [3.05, 3.63) is 91.0 Å². The number of likely N-dealkylation sites (N-methyl/N-ethyl adjacent to an activating group) is 1. The molecule has 0 bridgehead atoms. The Bertz CT molecular complexity index is 1300. The van der Waals surface area contributed by atoms with Crippen molar-refractivity contribution in [2.75, 3.05) is 50.1 Å². The summed E-state index contributed by atoms with van der Waals surface area (Å²) in [4.78, 5) is 17.2. The zero-order valence-corrected chi connectivity index (χ0v) is 20.3. The summed E-state index contributed by atoms with van der Waals surface area (Å²) in [6.07, 6.45) is 0. The van der Waals surface area contributed by atoms with E-state index in [0.29, 0.717) is 11.4 Å². The lowest BCUT2D eigenvalue weighted by Crippen LogP contribution is -2.44. The van der Waals surface area contributed by atoms with Crippen molar-refractivity contribution < 1.29 is 9.53 Å². The van der Waals surface area contributed by atoms with Gasteiger partial charge >= 0.3 is 0 Å². The molecule has 7 nitrogen and oxygen atoms in total. The number of rotatable bonds is 7. The van der Waals surface area contributed by atoms with Crippen molar-refractivity contribution in [1.29, 1.82) is 0 Å². The van der Waals surface area contributed by atoms with E-state index in [4.69, 9.17) is 4.74 Å². The smallest absolute Gasteiger partial charge is 0.262 e. The van der Waals surface area contributed by atoms with E-state index in [-0.39, 0.29) is 12.5 Å². The van der Waals surface area contributed by atoms with E-state index >= 15 is 0 Å². The molecule has 0 aliphatic carbocycles. The van der Waals surface area contributed by atoms with Crippen LogP contribution in [0, 0.1) is 0 Å². The Morgan fingerprint density at radius 1 is 0.833 bits per heavy atom. The molecular formula is C29H29N5O2. The minimum absolute atomic E-state index is 0.0897. The van der Waals surface area contributed by atoms with E-state index < -0.39 is 0 Å². The number of carbonyl (C=O) groups is 1. The SMILES string of the molecule is CN1CCN(c2ccc(-c3cccc(NC(=O)COc4ccccc4-c4ccccc4)c3)nn2)CC1. The maximum atomic E-state index is 12.7. The maximum Gasteiger partial charge on any atom is 0.262 e. The van der Waals surface area contributed by atoms with Gasteiger partial charge in [0.25, 0.3) is 5.91 Å². The van der Waals surface area contributed by atoms with E-state index in [1.54, 1.807) is 0 Å². The molecule has 1 fully saturated rings. The molecule has 0 radical (unpaired) electrons. The number of carbonyl (C=O) groups excluding carboxylic acids is 1. The summed E-state index contributed by atoms with van der Waals surface area (Å²) in [7, 11) is 2.13. The first-order valence-corrected chi connectivity index (χ1v) is 12.1. The number of hydrogen-bond acceptors (Lipinski definition) is 6. The van der Waals surface area contributed by atoms with E-state index in [1.807, 2.05) is 91.0 Å². The van der Waals surface area contributed by atoms with Gasteiger partial charge in [0.2, 0.25) is 0 Å². The Morgan fingerprint density at radius 3 is 2.36 bits per heavy atom. The van der Waals surface area contributed by atoms with Crippen LogP contribution in [0.5, 0.6) is 5.75 Å². The number of piperazine rings is 1. The van der Waals surface area contributed by atoms with Crippen LogP contribution in [0.25, 0.3) is 22.4 Å². The van der Waals surface area contributed by atoms with Crippen molar-refractivity contribution in [3.8, 4) is 28.1 Å². The number of ether oxygens (including phenoxy) is 1. The van der Waals surface area contributed by atoms with Crippen LogP contribution in [0.1, 0.15) is 0 Å². The van der Waals surface area contributed by atoms with Gasteiger partial charge in [-0.2, -0.15) is 0 Å². The summed E-state index contributed by atoms with van der Waals surface area (Å²) < 4.78 is 5.88. The van der Waals surface area contributed by atoms with Gasteiger partial charge in [-0.05, 0) is 42.9 Å². The Balaban J connectivity index is 1.21. The van der Waals surface area contributed by atoms with Crippen LogP contribution in [0.2, 0.25) is 0 Å². The van der Waals surface area contributed by atoms with Crippen LogP contribution in [0.4, 0.5) is 11.5 Å². The summed E-state index contributed by atoms with van der Waals surface area (Å²) in [5.41, 5.74) is 4.33. The standard InChI is InChI=1S/C29H29N5O2/c1-33-16-18-34(19-17-33)28-15-14-26(31-32-28)23-10-7-11-24(20-23)30-29(35)21-36-27-13-6-5-12-25(27)22-8-3-2-4-9-22/h2-15,20H,16-19,21H2,1H3,(H,30,35). The van der Waals surface area contributed by atoms with E-state index in [2.05, 4.69) is 32.4 Å². The first-order valence-electron chi connectivity index (χ1n) is 12.1. The molecule has 1 aromatic heterocycles. The predicted octanol–water partition coefficient (Wildman–Crippen LogP) is 4.58. The topological polar surface area (TPSA) is 70.6 Å². The molecule has 4 aromatic rings. The molecule has 1 aliphatic heterocycles. The average Bonchev–Trinajstić information content (AvgIpc) is 2.93. The van der Waals surface area contributed by atoms with Crippen LogP contribution in [-0.4, -0.2) is 60.8 Å². The second-order valence-corrected chi connectivity index (χ2v) is 8.85. The number of amides is 1. The molecular weight excluding hydrogens is 450 g/mol. The third kappa shape index (κ3) is 5.70. The fraction of sp³-hybridized carbons (Fsp3) is 0.207. The maximum absolute atomic E-state index is 12.7. The Hall–Kier alpha value is -4.23. The summed E-state index contributed by atoms with van der Waals surface area (Å²) in [5.74, 6) is 1.33. The average molecular weight is 480 g/mol. The van der Waals surface area contributed by atoms with Crippen LogP contribution in [0.15, 0.2) is 91.0 Å². The number of nitrogens with one attached hydrogen (secondary N) is 1. The summed E-state index contributed by atoms with van der Waals surface area (Å²) in [6.45, 7) is 3.85. The molecule has 182 valence electrons. The van der Waals surface area contributed by atoms with Crippen molar-refractivity contribution in [2.45, 2.75) is 0 Å². The van der Waals surface area contributed by atoms with Gasteiger partial charge in [-0.15, -0.1) is 10.2 Å². The lowest BCUT2D eigenvalue weighted by atomic mass is 10.1. The highest BCUT2D eigenvalue weighted by molar-refractivity contribution is 5.92. The van der Waals surface area contributed by atoms with Gasteiger partial charge in [0.05, 0.1) is 5.69 Å². The Labute approximate surface area is 211 Å². The van der Waals surface area contributed by atoms with Crippen molar-refractivity contribution >= 4 is 17.4 Å². The van der Waals surface area contributed by atoms with E-state index in [1.165, 1.54) is 0 Å². The van der Waals surface area contributed by atoms with E-state index in [0.717, 1.165) is 54.4 Å². The highest BCUT2D eigenvalue weighted by Crippen LogP contribution is 2.29. The molecule has 1 aliphatic rings. The molecule has 0 saturated carbocycles. The molecule has 7 heteroatoms. The third-order valence-corrected chi connectivity index (χ3v) is 6.25. The highest BCUT2D eigenvalue weighted by Gasteiger charge is 2.16. The minimum atomic E-state index is -0.230. The minimum Gasteiger partial charge on any atom is -0.483 e. The quantitative estimate of drug-likeness (QED) is 0.418. The van der Waals surface area contributed by atoms with Gasteiger partial charge < -0.3 is 19.9 Å². The van der Waals surface area contributed by atoms with Gasteiger partial charge in [-0.1, -0.05) is 60.7 Å². The number of hydrogen-bond donors (Lipinski definition) is 1. The molecule has 36 heavy (non-hydrogen) atoms. The summed E-state index contributed by atoms with van der Waals surface area (Å²) in [6, 6.07) is 29.3. The number of aromatic nitrogens is 2. The zero-order chi connectivity index (χ0) is 24.7. The largest absolute Gasteiger partial charge is 0.483 e. The first kappa shape index (κ1) is 23.5. The van der Waals surface area contributed by atoms with Crippen molar-refractivity contribution in [1.82, 2.24) is 15.1 Å². The third-order valence-electron chi connectivity index (χ3n) is 6.25. The van der Waals surface area contributed by atoms with Gasteiger partial charge in [0.1, 0.15) is 5.75 Å². The molecule has 1 N–H and O–H groups in total. The van der Waals surface area contributed by atoms with Crippen molar-refractivity contribution in [2.24, 2.45) is 0 Å². The number of benzene rings is 3. The monoisotopic (exact) mass is 479 g/mol. The Kier molecular flexibility index (Phi) is 7.19. The fourth-order valence-electron chi connectivity index (χ4n) is 4.23. The first-order chi connectivity index (χ1) is 17.7. The molecule has 0 spiro atoms. The molecule has 3 aromatic carbocycles.